The highest BCUT2D eigenvalue weighted by atomic mass is 32.2. The molecule has 1 aliphatic carbocycles. The molecule has 0 N–H and O–H groups in total. The highest BCUT2D eigenvalue weighted by Crippen LogP contribution is 2.25. The molecule has 2 aromatic carbocycles. The molecule has 3 rings (SSSR count). The second-order valence-electron chi connectivity index (χ2n) is 5.35. The summed E-state index contributed by atoms with van der Waals surface area (Å²) < 4.78 is 60.8. The van der Waals surface area contributed by atoms with E-state index >= 15 is 0 Å². The summed E-state index contributed by atoms with van der Waals surface area (Å²) in [4.78, 5) is 0.311. The molecular formula is C18H13FO4S2. The molecule has 0 radical (unpaired) electrons. The SMILES string of the molecule is O=S(=O)=C1CC=CC=C1c1ccc(S(=O)(=O)c2ccc(F)cc2)cc1. The minimum atomic E-state index is -3.76. The molecular weight excluding hydrogens is 363 g/mol. The lowest BCUT2D eigenvalue weighted by Gasteiger charge is -2.11. The summed E-state index contributed by atoms with van der Waals surface area (Å²) in [5, 5.41) is 0. The predicted molar refractivity (Wildman–Crippen MR) is 94.0 cm³/mol. The molecule has 0 fully saturated rings. The van der Waals surface area contributed by atoms with Crippen LogP contribution < -0.4 is 0 Å². The summed E-state index contributed by atoms with van der Waals surface area (Å²) in [7, 11) is -6.11. The van der Waals surface area contributed by atoms with Crippen molar-refractivity contribution in [3.8, 4) is 0 Å². The van der Waals surface area contributed by atoms with E-state index in [0.717, 1.165) is 12.1 Å². The highest BCUT2D eigenvalue weighted by Gasteiger charge is 2.19. The molecule has 4 nitrogen and oxygen atoms in total. The third-order valence-electron chi connectivity index (χ3n) is 3.80. The van der Waals surface area contributed by atoms with Crippen LogP contribution in [0.25, 0.3) is 5.57 Å². The Balaban J connectivity index is 2.00. The van der Waals surface area contributed by atoms with Crippen LogP contribution in [0.1, 0.15) is 12.0 Å². The molecule has 0 amide bonds. The minimum absolute atomic E-state index is 0.00520. The Bertz CT molecular complexity index is 1100. The van der Waals surface area contributed by atoms with Gasteiger partial charge in [-0.05, 0) is 42.0 Å². The fourth-order valence-electron chi connectivity index (χ4n) is 2.52. The van der Waals surface area contributed by atoms with Gasteiger partial charge in [-0.3, -0.25) is 0 Å². The number of allylic oxidation sites excluding steroid dienone is 4. The van der Waals surface area contributed by atoms with Gasteiger partial charge in [0.2, 0.25) is 20.1 Å². The van der Waals surface area contributed by atoms with Gasteiger partial charge in [0.05, 0.1) is 14.7 Å². The first-order chi connectivity index (χ1) is 11.9. The maximum Gasteiger partial charge on any atom is 0.218 e. The van der Waals surface area contributed by atoms with Gasteiger partial charge in [-0.25, -0.2) is 12.8 Å². The van der Waals surface area contributed by atoms with Crippen molar-refractivity contribution in [2.24, 2.45) is 0 Å². The standard InChI is InChI=1S/C18H13FO4S2/c19-14-7-11-16(12-8-14)25(22,23)15-9-5-13(6-10-15)17-3-1-2-4-18(17)24(20)21/h1-3,5-12H,4H2. The molecule has 0 aliphatic heterocycles. The summed E-state index contributed by atoms with van der Waals surface area (Å²) in [5.41, 5.74) is 1.16. The van der Waals surface area contributed by atoms with E-state index in [4.69, 9.17) is 0 Å². The number of sulfone groups is 1. The third-order valence-corrected chi connectivity index (χ3v) is 6.38. The number of halogens is 1. The molecule has 25 heavy (non-hydrogen) atoms. The van der Waals surface area contributed by atoms with Crippen LogP contribution in [0.3, 0.4) is 0 Å². The Morgan fingerprint density at radius 3 is 2.00 bits per heavy atom. The van der Waals surface area contributed by atoms with E-state index in [1.54, 1.807) is 30.4 Å². The zero-order chi connectivity index (χ0) is 18.0. The van der Waals surface area contributed by atoms with Crippen LogP contribution in [0, 0.1) is 5.82 Å². The summed E-state index contributed by atoms with van der Waals surface area (Å²) in [6, 6.07) is 10.6. The van der Waals surface area contributed by atoms with Crippen molar-refractivity contribution in [3.05, 3.63) is 78.1 Å². The molecule has 0 heterocycles. The van der Waals surface area contributed by atoms with Gasteiger partial charge in [-0.15, -0.1) is 0 Å². The van der Waals surface area contributed by atoms with E-state index in [2.05, 4.69) is 0 Å². The van der Waals surface area contributed by atoms with Crippen molar-refractivity contribution in [1.82, 2.24) is 0 Å². The minimum Gasteiger partial charge on any atom is -0.219 e. The molecule has 0 saturated heterocycles. The van der Waals surface area contributed by atoms with E-state index < -0.39 is 25.9 Å². The van der Waals surface area contributed by atoms with Crippen molar-refractivity contribution < 1.29 is 21.2 Å². The maximum absolute atomic E-state index is 13.0. The van der Waals surface area contributed by atoms with Gasteiger partial charge in [-0.2, -0.15) is 8.42 Å². The molecule has 0 spiro atoms. The molecule has 0 unspecified atom stereocenters. The van der Waals surface area contributed by atoms with Crippen LogP contribution in [-0.2, 0) is 20.1 Å². The van der Waals surface area contributed by atoms with Gasteiger partial charge in [0.15, 0.2) is 0 Å². The highest BCUT2D eigenvalue weighted by molar-refractivity contribution is 7.91. The Labute approximate surface area is 146 Å². The molecule has 1 aliphatic rings. The van der Waals surface area contributed by atoms with E-state index in [1.807, 2.05) is 0 Å². The van der Waals surface area contributed by atoms with Crippen LogP contribution in [0.5, 0.6) is 0 Å². The Hall–Kier alpha value is -2.51. The lowest BCUT2D eigenvalue weighted by molar-refractivity contribution is 0.594. The van der Waals surface area contributed by atoms with Crippen LogP contribution >= 0.6 is 0 Å². The lowest BCUT2D eigenvalue weighted by Crippen LogP contribution is -2.06. The van der Waals surface area contributed by atoms with Crippen molar-refractivity contribution >= 4 is 30.6 Å². The molecule has 128 valence electrons. The summed E-state index contributed by atoms with van der Waals surface area (Å²) in [6.07, 6.45) is 5.48. The van der Waals surface area contributed by atoms with E-state index in [-0.39, 0.29) is 14.7 Å². The normalized spacial score (nSPS) is 14.3. The number of hydrogen-bond acceptors (Lipinski definition) is 4. The Kier molecular flexibility index (Phi) is 4.69. The summed E-state index contributed by atoms with van der Waals surface area (Å²) >= 11 is 0. The van der Waals surface area contributed by atoms with E-state index in [1.165, 1.54) is 24.3 Å². The first kappa shape index (κ1) is 17.3. The van der Waals surface area contributed by atoms with Crippen molar-refractivity contribution in [2.45, 2.75) is 16.2 Å². The second kappa shape index (κ2) is 6.78. The van der Waals surface area contributed by atoms with Crippen LogP contribution in [0.4, 0.5) is 4.39 Å². The van der Waals surface area contributed by atoms with Crippen LogP contribution in [0.15, 0.2) is 76.5 Å². The van der Waals surface area contributed by atoms with Gasteiger partial charge < -0.3 is 0 Å². The third kappa shape index (κ3) is 3.47. The second-order valence-corrected chi connectivity index (χ2v) is 8.26. The molecule has 2 aromatic rings. The largest absolute Gasteiger partial charge is 0.219 e. The van der Waals surface area contributed by atoms with E-state index in [0.29, 0.717) is 17.6 Å². The van der Waals surface area contributed by atoms with Crippen LogP contribution in [0.2, 0.25) is 0 Å². The molecule has 0 bridgehead atoms. The van der Waals surface area contributed by atoms with Gasteiger partial charge in [-0.1, -0.05) is 30.4 Å². The number of benzene rings is 2. The lowest BCUT2D eigenvalue weighted by atomic mass is 9.97. The zero-order valence-corrected chi connectivity index (χ0v) is 14.5. The monoisotopic (exact) mass is 376 g/mol. The van der Waals surface area contributed by atoms with Gasteiger partial charge in [0, 0.05) is 12.0 Å². The Morgan fingerprint density at radius 1 is 0.880 bits per heavy atom. The van der Waals surface area contributed by atoms with Crippen molar-refractivity contribution in [3.63, 3.8) is 0 Å². The molecule has 0 saturated carbocycles. The van der Waals surface area contributed by atoms with Gasteiger partial charge in [0.1, 0.15) is 5.82 Å². The topological polar surface area (TPSA) is 68.3 Å². The van der Waals surface area contributed by atoms with Crippen molar-refractivity contribution in [2.75, 3.05) is 0 Å². The first-order valence-corrected chi connectivity index (χ1v) is 9.89. The number of hydrogen-bond donors (Lipinski definition) is 0. The Morgan fingerprint density at radius 2 is 1.44 bits per heavy atom. The molecule has 7 heteroatoms. The maximum atomic E-state index is 13.0. The summed E-state index contributed by atoms with van der Waals surface area (Å²) in [5.74, 6) is -0.514. The van der Waals surface area contributed by atoms with Gasteiger partial charge >= 0.3 is 0 Å². The fourth-order valence-corrected chi connectivity index (χ4v) is 4.38. The predicted octanol–water partition coefficient (Wildman–Crippen LogP) is 3.05. The van der Waals surface area contributed by atoms with Crippen LogP contribution in [-0.4, -0.2) is 21.7 Å². The average Bonchev–Trinajstić information content (AvgIpc) is 2.62. The fraction of sp³-hybridized carbons (Fsp3) is 0.0556. The van der Waals surface area contributed by atoms with Crippen molar-refractivity contribution in [1.29, 1.82) is 0 Å². The average molecular weight is 376 g/mol. The van der Waals surface area contributed by atoms with Gasteiger partial charge in [0.25, 0.3) is 0 Å². The quantitative estimate of drug-likeness (QED) is 0.610. The zero-order valence-electron chi connectivity index (χ0n) is 12.9. The number of rotatable bonds is 3. The molecule has 0 aromatic heterocycles. The van der Waals surface area contributed by atoms with E-state index in [9.17, 15) is 21.2 Å². The molecule has 0 atom stereocenters. The summed E-state index contributed by atoms with van der Waals surface area (Å²) in [6.45, 7) is 0. The smallest absolute Gasteiger partial charge is 0.218 e. The first-order valence-electron chi connectivity index (χ1n) is 7.33.